The van der Waals surface area contributed by atoms with E-state index in [0.717, 1.165) is 55.4 Å². The molecule has 3 aromatic heterocycles. The van der Waals surface area contributed by atoms with Crippen molar-refractivity contribution in [2.75, 3.05) is 19.7 Å². The minimum absolute atomic E-state index is 0.00101. The lowest BCUT2D eigenvalue weighted by molar-refractivity contribution is -0.0350. The Hall–Kier alpha value is -2.51. The van der Waals surface area contributed by atoms with Gasteiger partial charge in [0.05, 0.1) is 23.7 Å². The van der Waals surface area contributed by atoms with E-state index in [1.165, 1.54) is 5.56 Å². The molecule has 7 heteroatoms. The highest BCUT2D eigenvalue weighted by molar-refractivity contribution is 5.57. The standard InChI is InChI=1S/C19H24N6O/c1-3-25-12-16(14(2)23-25)11-24-8-9-26-19(13-24)18-5-4-15(10-20-18)17-6-7-21-22-17/h4-7,10,12,19H,3,8-9,11,13H2,1-2H3,(H,21,22)/t19-/m0/s1. The molecular formula is C19H24N6O. The third kappa shape index (κ3) is 3.54. The number of nitrogens with one attached hydrogen (secondary N) is 1. The molecule has 0 aliphatic carbocycles. The minimum Gasteiger partial charge on any atom is -0.369 e. The van der Waals surface area contributed by atoms with E-state index in [0.29, 0.717) is 0 Å². The quantitative estimate of drug-likeness (QED) is 0.764. The molecule has 136 valence electrons. The molecule has 4 rings (SSSR count). The Kier molecular flexibility index (Phi) is 4.81. The molecule has 0 bridgehead atoms. The Labute approximate surface area is 153 Å². The van der Waals surface area contributed by atoms with E-state index in [-0.39, 0.29) is 6.10 Å². The molecule has 0 unspecified atom stereocenters. The van der Waals surface area contributed by atoms with Crippen LogP contribution in [0.5, 0.6) is 0 Å². The van der Waals surface area contributed by atoms with Crippen LogP contribution < -0.4 is 0 Å². The van der Waals surface area contributed by atoms with Gasteiger partial charge in [-0.15, -0.1) is 0 Å². The summed E-state index contributed by atoms with van der Waals surface area (Å²) < 4.78 is 7.97. The van der Waals surface area contributed by atoms with Crippen molar-refractivity contribution in [1.82, 2.24) is 29.9 Å². The zero-order chi connectivity index (χ0) is 17.9. The first kappa shape index (κ1) is 16.9. The molecule has 0 radical (unpaired) electrons. The van der Waals surface area contributed by atoms with Gasteiger partial charge in [-0.25, -0.2) is 0 Å². The average Bonchev–Trinajstić information content (AvgIpc) is 3.33. The maximum Gasteiger partial charge on any atom is 0.112 e. The van der Waals surface area contributed by atoms with Crippen LogP contribution in [0, 0.1) is 6.92 Å². The average molecular weight is 352 g/mol. The van der Waals surface area contributed by atoms with Gasteiger partial charge in [0.1, 0.15) is 6.10 Å². The third-order valence-corrected chi connectivity index (χ3v) is 4.84. The number of morpholine rings is 1. The second-order valence-electron chi connectivity index (χ2n) is 6.63. The van der Waals surface area contributed by atoms with Crippen LogP contribution in [0.15, 0.2) is 36.8 Å². The van der Waals surface area contributed by atoms with Crippen molar-refractivity contribution >= 4 is 0 Å². The van der Waals surface area contributed by atoms with E-state index in [1.807, 2.05) is 23.0 Å². The summed E-state index contributed by atoms with van der Waals surface area (Å²) in [6.45, 7) is 8.48. The van der Waals surface area contributed by atoms with Crippen LogP contribution in [0.2, 0.25) is 0 Å². The Balaban J connectivity index is 1.44. The van der Waals surface area contributed by atoms with Gasteiger partial charge in [0.2, 0.25) is 0 Å². The fourth-order valence-electron chi connectivity index (χ4n) is 3.31. The molecule has 1 aliphatic rings. The summed E-state index contributed by atoms with van der Waals surface area (Å²) in [5.41, 5.74) is 5.37. The first-order chi connectivity index (χ1) is 12.7. The molecule has 1 atom stereocenters. The molecule has 26 heavy (non-hydrogen) atoms. The molecule has 1 N–H and O–H groups in total. The number of aromatic nitrogens is 5. The summed E-state index contributed by atoms with van der Waals surface area (Å²) >= 11 is 0. The monoisotopic (exact) mass is 352 g/mol. The lowest BCUT2D eigenvalue weighted by Crippen LogP contribution is -2.38. The van der Waals surface area contributed by atoms with Crippen LogP contribution in [-0.2, 0) is 17.8 Å². The summed E-state index contributed by atoms with van der Waals surface area (Å²) in [6.07, 6.45) is 5.77. The van der Waals surface area contributed by atoms with Crippen molar-refractivity contribution in [3.8, 4) is 11.3 Å². The van der Waals surface area contributed by atoms with Gasteiger partial charge >= 0.3 is 0 Å². The predicted molar refractivity (Wildman–Crippen MR) is 98.4 cm³/mol. The molecule has 1 saturated heterocycles. The lowest BCUT2D eigenvalue weighted by atomic mass is 10.1. The topological polar surface area (TPSA) is 71.9 Å². The normalized spacial score (nSPS) is 18.3. The van der Waals surface area contributed by atoms with Gasteiger partial charge in [-0.1, -0.05) is 0 Å². The second kappa shape index (κ2) is 7.39. The third-order valence-electron chi connectivity index (χ3n) is 4.84. The van der Waals surface area contributed by atoms with E-state index in [9.17, 15) is 0 Å². The maximum absolute atomic E-state index is 5.97. The number of pyridine rings is 1. The second-order valence-corrected chi connectivity index (χ2v) is 6.63. The van der Waals surface area contributed by atoms with Crippen LogP contribution in [0.3, 0.4) is 0 Å². The van der Waals surface area contributed by atoms with E-state index >= 15 is 0 Å². The zero-order valence-corrected chi connectivity index (χ0v) is 15.2. The molecule has 0 saturated carbocycles. The molecule has 0 spiro atoms. The van der Waals surface area contributed by atoms with Crippen molar-refractivity contribution in [2.24, 2.45) is 0 Å². The zero-order valence-electron chi connectivity index (χ0n) is 15.2. The Bertz CT molecular complexity index is 840. The predicted octanol–water partition coefficient (Wildman–Crippen LogP) is 2.57. The van der Waals surface area contributed by atoms with Crippen molar-refractivity contribution in [2.45, 2.75) is 33.0 Å². The van der Waals surface area contributed by atoms with Crippen LogP contribution >= 0.6 is 0 Å². The van der Waals surface area contributed by atoms with Crippen LogP contribution in [0.4, 0.5) is 0 Å². The van der Waals surface area contributed by atoms with Gasteiger partial charge in [-0.05, 0) is 32.0 Å². The lowest BCUT2D eigenvalue weighted by Gasteiger charge is -2.32. The van der Waals surface area contributed by atoms with Crippen molar-refractivity contribution in [3.63, 3.8) is 0 Å². The van der Waals surface area contributed by atoms with E-state index in [2.05, 4.69) is 51.3 Å². The highest BCUT2D eigenvalue weighted by Gasteiger charge is 2.24. The largest absolute Gasteiger partial charge is 0.369 e. The summed E-state index contributed by atoms with van der Waals surface area (Å²) in [7, 11) is 0. The molecule has 1 fully saturated rings. The van der Waals surface area contributed by atoms with Gasteiger partial charge in [-0.3, -0.25) is 19.7 Å². The smallest absolute Gasteiger partial charge is 0.112 e. The first-order valence-electron chi connectivity index (χ1n) is 9.05. The van der Waals surface area contributed by atoms with Gasteiger partial charge in [-0.2, -0.15) is 10.2 Å². The van der Waals surface area contributed by atoms with Crippen LogP contribution in [0.25, 0.3) is 11.3 Å². The maximum atomic E-state index is 5.97. The number of aryl methyl sites for hydroxylation is 2. The van der Waals surface area contributed by atoms with Gasteiger partial charge < -0.3 is 4.74 Å². The SMILES string of the molecule is CCn1cc(CN2CCO[C@H](c3ccc(-c4ccn[nH]4)cn3)C2)c(C)n1. The van der Waals surface area contributed by atoms with Crippen molar-refractivity contribution < 1.29 is 4.74 Å². The van der Waals surface area contributed by atoms with Crippen LogP contribution in [0.1, 0.15) is 30.0 Å². The van der Waals surface area contributed by atoms with Crippen molar-refractivity contribution in [1.29, 1.82) is 0 Å². The highest BCUT2D eigenvalue weighted by Crippen LogP contribution is 2.24. The highest BCUT2D eigenvalue weighted by atomic mass is 16.5. The fourth-order valence-corrected chi connectivity index (χ4v) is 3.31. The summed E-state index contributed by atoms with van der Waals surface area (Å²) in [6, 6.07) is 6.05. The fraction of sp³-hybridized carbons (Fsp3) is 0.421. The van der Waals surface area contributed by atoms with Crippen LogP contribution in [-0.4, -0.2) is 49.6 Å². The van der Waals surface area contributed by atoms with Gasteiger partial charge in [0, 0.05) is 55.9 Å². The van der Waals surface area contributed by atoms with Gasteiger partial charge in [0.25, 0.3) is 0 Å². The molecule has 4 heterocycles. The molecule has 0 aromatic carbocycles. The molecular weight excluding hydrogens is 328 g/mol. The summed E-state index contributed by atoms with van der Waals surface area (Å²) in [5.74, 6) is 0. The number of hydrogen-bond donors (Lipinski definition) is 1. The Morgan fingerprint density at radius 2 is 2.23 bits per heavy atom. The number of hydrogen-bond acceptors (Lipinski definition) is 5. The molecule has 7 nitrogen and oxygen atoms in total. The number of rotatable bonds is 5. The minimum atomic E-state index is 0.00101. The van der Waals surface area contributed by atoms with E-state index < -0.39 is 0 Å². The summed E-state index contributed by atoms with van der Waals surface area (Å²) in [5, 5.41) is 11.5. The van der Waals surface area contributed by atoms with Crippen molar-refractivity contribution in [3.05, 3.63) is 53.7 Å². The number of aromatic amines is 1. The summed E-state index contributed by atoms with van der Waals surface area (Å²) in [4.78, 5) is 7.04. The molecule has 1 aliphatic heterocycles. The number of nitrogens with zero attached hydrogens (tertiary/aromatic N) is 5. The number of ether oxygens (including phenoxy) is 1. The molecule has 0 amide bonds. The number of H-pyrrole nitrogens is 1. The van der Waals surface area contributed by atoms with E-state index in [1.54, 1.807) is 6.20 Å². The van der Waals surface area contributed by atoms with Gasteiger partial charge in [0.15, 0.2) is 0 Å². The Morgan fingerprint density at radius 1 is 1.31 bits per heavy atom. The van der Waals surface area contributed by atoms with E-state index in [4.69, 9.17) is 4.74 Å². The Morgan fingerprint density at radius 3 is 2.92 bits per heavy atom. The first-order valence-corrected chi connectivity index (χ1v) is 9.05. The molecule has 3 aromatic rings.